The van der Waals surface area contributed by atoms with Gasteiger partial charge in [-0.2, -0.15) is 4.98 Å². The molecule has 5 heterocycles. The molecule has 0 saturated carbocycles. The Hall–Kier alpha value is -4.24. The fraction of sp³-hybridized carbons (Fsp3) is 0.167. The van der Waals surface area contributed by atoms with Gasteiger partial charge in [-0.25, -0.2) is 9.97 Å². The molecule has 1 aliphatic rings. The maximum atomic E-state index is 6.20. The fourth-order valence-corrected chi connectivity index (χ4v) is 3.78. The van der Waals surface area contributed by atoms with Crippen LogP contribution >= 0.6 is 0 Å². The number of nitrogens with zero attached hydrogens (tertiary/aromatic N) is 5. The first-order chi connectivity index (χ1) is 16.3. The highest BCUT2D eigenvalue weighted by molar-refractivity contribution is 5.89. The number of aromatic nitrogens is 4. The Morgan fingerprint density at radius 1 is 0.848 bits per heavy atom. The van der Waals surface area contributed by atoms with Gasteiger partial charge in [-0.1, -0.05) is 30.3 Å². The van der Waals surface area contributed by atoms with E-state index in [0.717, 1.165) is 11.1 Å². The van der Waals surface area contributed by atoms with E-state index >= 15 is 0 Å². The van der Waals surface area contributed by atoms with Gasteiger partial charge >= 0.3 is 6.01 Å². The van der Waals surface area contributed by atoms with E-state index in [4.69, 9.17) is 18.6 Å². The van der Waals surface area contributed by atoms with Crippen LogP contribution in [0.2, 0.25) is 0 Å². The second kappa shape index (κ2) is 8.36. The molecule has 0 unspecified atom stereocenters. The minimum Gasteiger partial charge on any atom is -0.450 e. The molecule has 6 rings (SSSR count). The summed E-state index contributed by atoms with van der Waals surface area (Å²) in [4.78, 5) is 20.0. The molecule has 0 amide bonds. The van der Waals surface area contributed by atoms with E-state index in [1.807, 2.05) is 48.5 Å². The minimum atomic E-state index is 0.319. The molecule has 0 spiro atoms. The SMILES string of the molecule is c1ccc(-c2cnc(Nc3nc(N4CCOCC4)c4oc(-c5ccncc5)cc4n3)o2)cc1. The van der Waals surface area contributed by atoms with Crippen LogP contribution in [0, 0.1) is 0 Å². The Balaban J connectivity index is 1.38. The number of pyridine rings is 1. The van der Waals surface area contributed by atoms with E-state index in [-0.39, 0.29) is 0 Å². The molecule has 1 saturated heterocycles. The number of rotatable bonds is 5. The van der Waals surface area contributed by atoms with Crippen molar-refractivity contribution >= 4 is 28.9 Å². The smallest absolute Gasteiger partial charge is 0.302 e. The van der Waals surface area contributed by atoms with Crippen LogP contribution in [0.25, 0.3) is 33.7 Å². The summed E-state index contributed by atoms with van der Waals surface area (Å²) < 4.78 is 17.6. The standard InChI is InChI=1S/C24H20N6O3/c1-2-4-16(5-3-1)20-15-26-24(33-20)29-23-27-18-14-19(17-6-8-25-9-7-17)32-21(18)22(28-23)30-10-12-31-13-11-30/h1-9,14-15H,10-13H2,(H,26,27,28,29). The van der Waals surface area contributed by atoms with Crippen LogP contribution in [0.4, 0.5) is 17.8 Å². The van der Waals surface area contributed by atoms with Crippen molar-refractivity contribution in [3.63, 3.8) is 0 Å². The summed E-state index contributed by atoms with van der Waals surface area (Å²) in [6.07, 6.45) is 5.15. The van der Waals surface area contributed by atoms with Gasteiger partial charge in [-0.3, -0.25) is 10.3 Å². The van der Waals surface area contributed by atoms with Crippen molar-refractivity contribution in [3.8, 4) is 22.6 Å². The lowest BCUT2D eigenvalue weighted by molar-refractivity contribution is 0.122. The van der Waals surface area contributed by atoms with E-state index in [1.54, 1.807) is 18.6 Å². The van der Waals surface area contributed by atoms with Gasteiger partial charge in [0.15, 0.2) is 17.2 Å². The zero-order valence-corrected chi connectivity index (χ0v) is 17.6. The van der Waals surface area contributed by atoms with Crippen LogP contribution in [0.3, 0.4) is 0 Å². The molecular formula is C24H20N6O3. The van der Waals surface area contributed by atoms with Crippen molar-refractivity contribution in [2.24, 2.45) is 0 Å². The number of ether oxygens (including phenoxy) is 1. The predicted molar refractivity (Wildman–Crippen MR) is 123 cm³/mol. The summed E-state index contributed by atoms with van der Waals surface area (Å²) in [6, 6.07) is 15.8. The van der Waals surface area contributed by atoms with E-state index in [0.29, 0.717) is 66.7 Å². The molecule has 1 N–H and O–H groups in total. The second-order valence-corrected chi connectivity index (χ2v) is 7.55. The number of furan rings is 1. The van der Waals surface area contributed by atoms with Gasteiger partial charge in [0.05, 0.1) is 19.4 Å². The van der Waals surface area contributed by atoms with Gasteiger partial charge < -0.3 is 18.5 Å². The Bertz CT molecular complexity index is 1380. The van der Waals surface area contributed by atoms with E-state index in [2.05, 4.69) is 25.2 Å². The highest BCUT2D eigenvalue weighted by Crippen LogP contribution is 2.34. The zero-order chi connectivity index (χ0) is 22.0. The molecule has 1 aromatic carbocycles. The molecule has 0 atom stereocenters. The number of fused-ring (bicyclic) bond motifs is 1. The lowest BCUT2D eigenvalue weighted by Crippen LogP contribution is -2.37. The highest BCUT2D eigenvalue weighted by Gasteiger charge is 2.22. The van der Waals surface area contributed by atoms with E-state index in [9.17, 15) is 0 Å². The molecule has 9 nitrogen and oxygen atoms in total. The molecule has 164 valence electrons. The number of morpholine rings is 1. The van der Waals surface area contributed by atoms with Crippen LogP contribution in [-0.2, 0) is 4.74 Å². The molecule has 5 aromatic rings. The van der Waals surface area contributed by atoms with Gasteiger partial charge in [0, 0.05) is 42.7 Å². The summed E-state index contributed by atoms with van der Waals surface area (Å²) in [6.45, 7) is 2.70. The molecule has 1 fully saturated rings. The number of benzene rings is 1. The molecule has 0 bridgehead atoms. The van der Waals surface area contributed by atoms with Crippen molar-refractivity contribution in [1.29, 1.82) is 0 Å². The number of hydrogen-bond acceptors (Lipinski definition) is 9. The van der Waals surface area contributed by atoms with Crippen molar-refractivity contribution in [2.45, 2.75) is 0 Å². The molecule has 4 aromatic heterocycles. The van der Waals surface area contributed by atoms with E-state index < -0.39 is 0 Å². The van der Waals surface area contributed by atoms with Gasteiger partial charge in [0.1, 0.15) is 11.3 Å². The number of hydrogen-bond donors (Lipinski definition) is 1. The maximum Gasteiger partial charge on any atom is 0.302 e. The topological polar surface area (TPSA) is 102 Å². The van der Waals surface area contributed by atoms with Crippen molar-refractivity contribution in [3.05, 3.63) is 67.1 Å². The molecular weight excluding hydrogens is 420 g/mol. The molecule has 0 aliphatic carbocycles. The largest absolute Gasteiger partial charge is 0.450 e. The summed E-state index contributed by atoms with van der Waals surface area (Å²) in [7, 11) is 0. The van der Waals surface area contributed by atoms with Crippen LogP contribution < -0.4 is 10.2 Å². The monoisotopic (exact) mass is 440 g/mol. The Kier molecular flexibility index (Phi) is 4.93. The first kappa shape index (κ1) is 19.4. The lowest BCUT2D eigenvalue weighted by Gasteiger charge is -2.27. The van der Waals surface area contributed by atoms with Crippen LogP contribution in [0.1, 0.15) is 0 Å². The van der Waals surface area contributed by atoms with Gasteiger partial charge in [-0.15, -0.1) is 0 Å². The average Bonchev–Trinajstić information content (AvgIpc) is 3.53. The molecule has 1 aliphatic heterocycles. The first-order valence-corrected chi connectivity index (χ1v) is 10.7. The maximum absolute atomic E-state index is 6.20. The Morgan fingerprint density at radius 3 is 2.45 bits per heavy atom. The summed E-state index contributed by atoms with van der Waals surface area (Å²) >= 11 is 0. The molecule has 0 radical (unpaired) electrons. The van der Waals surface area contributed by atoms with Gasteiger partial charge in [0.25, 0.3) is 0 Å². The summed E-state index contributed by atoms with van der Waals surface area (Å²) in [5.41, 5.74) is 3.19. The molecule has 9 heteroatoms. The van der Waals surface area contributed by atoms with Crippen LogP contribution in [0.15, 0.2) is 76.0 Å². The Morgan fingerprint density at radius 2 is 1.64 bits per heavy atom. The third kappa shape index (κ3) is 3.90. The number of oxazole rings is 1. The zero-order valence-electron chi connectivity index (χ0n) is 17.6. The van der Waals surface area contributed by atoms with Crippen LogP contribution in [0.5, 0.6) is 0 Å². The quantitative estimate of drug-likeness (QED) is 0.422. The third-order valence-corrected chi connectivity index (χ3v) is 5.41. The van der Waals surface area contributed by atoms with Crippen molar-refractivity contribution in [2.75, 3.05) is 36.5 Å². The van der Waals surface area contributed by atoms with Gasteiger partial charge in [-0.05, 0) is 12.1 Å². The minimum absolute atomic E-state index is 0.319. The molecule has 33 heavy (non-hydrogen) atoms. The van der Waals surface area contributed by atoms with Crippen LogP contribution in [-0.4, -0.2) is 46.2 Å². The average molecular weight is 440 g/mol. The normalized spacial score (nSPS) is 14.0. The second-order valence-electron chi connectivity index (χ2n) is 7.55. The van der Waals surface area contributed by atoms with E-state index in [1.165, 1.54) is 0 Å². The Labute approximate surface area is 189 Å². The summed E-state index contributed by atoms with van der Waals surface area (Å²) in [5.74, 6) is 2.46. The number of anilines is 3. The van der Waals surface area contributed by atoms with Crippen molar-refractivity contribution in [1.82, 2.24) is 19.9 Å². The third-order valence-electron chi connectivity index (χ3n) is 5.41. The highest BCUT2D eigenvalue weighted by atomic mass is 16.5. The van der Waals surface area contributed by atoms with Gasteiger partial charge in [0.2, 0.25) is 5.95 Å². The lowest BCUT2D eigenvalue weighted by atomic mass is 10.2. The fourth-order valence-electron chi connectivity index (χ4n) is 3.78. The first-order valence-electron chi connectivity index (χ1n) is 10.7. The predicted octanol–water partition coefficient (Wildman–Crippen LogP) is 4.52. The van der Waals surface area contributed by atoms with Crippen molar-refractivity contribution < 1.29 is 13.6 Å². The summed E-state index contributed by atoms with van der Waals surface area (Å²) in [5, 5.41) is 3.11. The number of nitrogens with one attached hydrogen (secondary N) is 1.